The second-order valence-corrected chi connectivity index (χ2v) is 8.57. The topological polar surface area (TPSA) is 74.2 Å². The van der Waals surface area contributed by atoms with Crippen LogP contribution in [0.25, 0.3) is 0 Å². The summed E-state index contributed by atoms with van der Waals surface area (Å²) in [5.74, 6) is 0.108. The molecule has 1 aliphatic rings. The van der Waals surface area contributed by atoms with Gasteiger partial charge in [0.15, 0.2) is 5.13 Å². The maximum absolute atomic E-state index is 11.9. The van der Waals surface area contributed by atoms with Crippen molar-refractivity contribution >= 4 is 33.7 Å². The Kier molecular flexibility index (Phi) is 6.69. The van der Waals surface area contributed by atoms with Crippen LogP contribution in [0.2, 0.25) is 0 Å². The third kappa shape index (κ3) is 5.71. The number of aromatic hydroxyl groups is 1. The van der Waals surface area contributed by atoms with Crippen molar-refractivity contribution in [2.75, 3.05) is 11.9 Å². The third-order valence-electron chi connectivity index (χ3n) is 4.45. The van der Waals surface area contributed by atoms with Crippen molar-refractivity contribution < 1.29 is 9.90 Å². The van der Waals surface area contributed by atoms with Crippen LogP contribution >= 0.6 is 22.7 Å². The van der Waals surface area contributed by atoms with E-state index in [0.717, 1.165) is 14.9 Å². The van der Waals surface area contributed by atoms with Crippen LogP contribution < -0.4 is 10.6 Å². The van der Waals surface area contributed by atoms with Gasteiger partial charge in [-0.2, -0.15) is 4.98 Å². The number of hydrogen-bond acceptors (Lipinski definition) is 6. The monoisotopic (exact) mass is 379 g/mol. The lowest BCUT2D eigenvalue weighted by atomic mass is 10.1. The molecule has 0 radical (unpaired) electrons. The molecule has 7 heteroatoms. The molecular weight excluding hydrogens is 354 g/mol. The zero-order valence-corrected chi connectivity index (χ0v) is 15.9. The summed E-state index contributed by atoms with van der Waals surface area (Å²) in [5.41, 5.74) is 0. The van der Waals surface area contributed by atoms with Gasteiger partial charge in [0.25, 0.3) is 0 Å². The van der Waals surface area contributed by atoms with Crippen LogP contribution in [0.3, 0.4) is 0 Å². The van der Waals surface area contributed by atoms with Gasteiger partial charge in [-0.15, -0.1) is 11.3 Å². The van der Waals surface area contributed by atoms with Crippen molar-refractivity contribution in [3.8, 4) is 5.88 Å². The average molecular weight is 380 g/mol. The predicted octanol–water partition coefficient (Wildman–Crippen LogP) is 3.95. The molecule has 1 fully saturated rings. The maximum Gasteiger partial charge on any atom is 0.227 e. The molecular formula is C18H25N3O2S2. The molecule has 0 aromatic carbocycles. The van der Waals surface area contributed by atoms with Crippen molar-refractivity contribution in [1.82, 2.24) is 10.3 Å². The first-order valence-corrected chi connectivity index (χ1v) is 10.6. The molecule has 25 heavy (non-hydrogen) atoms. The third-order valence-corrected chi connectivity index (χ3v) is 6.36. The molecule has 0 atom stereocenters. The minimum atomic E-state index is 0.0169. The summed E-state index contributed by atoms with van der Waals surface area (Å²) in [6, 6.07) is 4.38. The summed E-state index contributed by atoms with van der Waals surface area (Å²) in [6.07, 6.45) is 8.53. The van der Waals surface area contributed by atoms with Crippen molar-refractivity contribution in [2.45, 2.75) is 57.4 Å². The molecule has 5 nitrogen and oxygen atoms in total. The van der Waals surface area contributed by atoms with Crippen LogP contribution in [0.4, 0.5) is 5.13 Å². The van der Waals surface area contributed by atoms with E-state index in [0.29, 0.717) is 25.4 Å². The van der Waals surface area contributed by atoms with Crippen LogP contribution in [-0.4, -0.2) is 28.6 Å². The molecule has 0 unspecified atom stereocenters. The van der Waals surface area contributed by atoms with Gasteiger partial charge in [-0.1, -0.05) is 43.1 Å². The number of amides is 1. The van der Waals surface area contributed by atoms with Crippen LogP contribution in [0.15, 0.2) is 17.5 Å². The lowest BCUT2D eigenvalue weighted by Gasteiger charge is -2.14. The molecule has 2 aromatic rings. The number of thiazole rings is 1. The molecule has 3 N–H and O–H groups in total. The summed E-state index contributed by atoms with van der Waals surface area (Å²) in [6.45, 7) is 0.517. The Morgan fingerprint density at radius 3 is 2.80 bits per heavy atom. The second-order valence-electron chi connectivity index (χ2n) is 6.45. The molecule has 2 aromatic heterocycles. The van der Waals surface area contributed by atoms with Gasteiger partial charge in [0, 0.05) is 23.9 Å². The van der Waals surface area contributed by atoms with Gasteiger partial charge in [-0.25, -0.2) is 0 Å². The number of rotatable bonds is 7. The Morgan fingerprint density at radius 1 is 1.28 bits per heavy atom. The van der Waals surface area contributed by atoms with Crippen LogP contribution in [0.1, 0.15) is 48.3 Å². The average Bonchev–Trinajstić information content (AvgIpc) is 3.12. The van der Waals surface area contributed by atoms with E-state index in [1.807, 2.05) is 17.5 Å². The van der Waals surface area contributed by atoms with Gasteiger partial charge in [0.05, 0.1) is 11.3 Å². The first-order valence-electron chi connectivity index (χ1n) is 8.95. The van der Waals surface area contributed by atoms with E-state index >= 15 is 0 Å². The van der Waals surface area contributed by atoms with Gasteiger partial charge in [-0.05, 0) is 24.3 Å². The molecule has 0 bridgehead atoms. The van der Waals surface area contributed by atoms with Crippen molar-refractivity contribution in [3.05, 3.63) is 27.3 Å². The smallest absolute Gasteiger partial charge is 0.227 e. The van der Waals surface area contributed by atoms with E-state index in [4.69, 9.17) is 0 Å². The Hall–Kier alpha value is -1.60. The van der Waals surface area contributed by atoms with E-state index in [1.165, 1.54) is 49.9 Å². The number of nitrogens with one attached hydrogen (secondary N) is 2. The normalized spacial score (nSPS) is 15.7. The number of hydrogen-bond donors (Lipinski definition) is 3. The highest BCUT2D eigenvalue weighted by molar-refractivity contribution is 7.15. The summed E-state index contributed by atoms with van der Waals surface area (Å²) in [5, 5.41) is 19.2. The lowest BCUT2D eigenvalue weighted by Crippen LogP contribution is -2.26. The zero-order chi connectivity index (χ0) is 17.5. The van der Waals surface area contributed by atoms with E-state index in [-0.39, 0.29) is 11.8 Å². The highest BCUT2D eigenvalue weighted by atomic mass is 32.1. The molecule has 3 rings (SSSR count). The van der Waals surface area contributed by atoms with Gasteiger partial charge in [-0.3, -0.25) is 4.79 Å². The zero-order valence-electron chi connectivity index (χ0n) is 14.3. The minimum absolute atomic E-state index is 0.0169. The standard InChI is InChI=1S/C18H25N3O2S2/c22-16(12-14-8-5-11-24-14)19-10-9-15-17(23)21-18(25-15)20-13-6-3-1-2-4-7-13/h5,8,11,13,23H,1-4,6-7,9-10,12H2,(H,19,22)(H,20,21). The fourth-order valence-corrected chi connectivity index (χ4v) is 4.75. The van der Waals surface area contributed by atoms with E-state index in [2.05, 4.69) is 15.6 Å². The lowest BCUT2D eigenvalue weighted by molar-refractivity contribution is -0.120. The van der Waals surface area contributed by atoms with Crippen molar-refractivity contribution in [3.63, 3.8) is 0 Å². The van der Waals surface area contributed by atoms with E-state index in [1.54, 1.807) is 11.3 Å². The van der Waals surface area contributed by atoms with Crippen molar-refractivity contribution in [1.29, 1.82) is 0 Å². The molecule has 136 valence electrons. The number of carbonyl (C=O) groups is 1. The highest BCUT2D eigenvalue weighted by Crippen LogP contribution is 2.30. The molecule has 1 amide bonds. The Balaban J connectivity index is 1.44. The Labute approximate surface area is 156 Å². The number of thiophene rings is 1. The number of aromatic nitrogens is 1. The fraction of sp³-hybridized carbons (Fsp3) is 0.556. The molecule has 0 saturated heterocycles. The maximum atomic E-state index is 11.9. The predicted molar refractivity (Wildman–Crippen MR) is 104 cm³/mol. The number of nitrogens with zero attached hydrogens (tertiary/aromatic N) is 1. The first kappa shape index (κ1) is 18.2. The summed E-state index contributed by atoms with van der Waals surface area (Å²) < 4.78 is 0. The SMILES string of the molecule is O=C(Cc1cccs1)NCCc1sc(NC2CCCCCC2)nc1O. The molecule has 0 spiro atoms. The largest absolute Gasteiger partial charge is 0.492 e. The quantitative estimate of drug-likeness (QED) is 0.637. The van der Waals surface area contributed by atoms with Crippen LogP contribution in [0, 0.1) is 0 Å². The molecule has 2 heterocycles. The van der Waals surface area contributed by atoms with Gasteiger partial charge in [0.2, 0.25) is 11.8 Å². The number of carbonyl (C=O) groups excluding carboxylic acids is 1. The first-order chi connectivity index (χ1) is 12.2. The minimum Gasteiger partial charge on any atom is -0.492 e. The van der Waals surface area contributed by atoms with E-state index in [9.17, 15) is 9.90 Å². The number of anilines is 1. The summed E-state index contributed by atoms with van der Waals surface area (Å²) in [7, 11) is 0. The summed E-state index contributed by atoms with van der Waals surface area (Å²) >= 11 is 3.08. The van der Waals surface area contributed by atoms with Gasteiger partial charge in [0.1, 0.15) is 0 Å². The van der Waals surface area contributed by atoms with E-state index < -0.39 is 0 Å². The van der Waals surface area contributed by atoms with Gasteiger partial charge >= 0.3 is 0 Å². The molecule has 1 saturated carbocycles. The van der Waals surface area contributed by atoms with Crippen molar-refractivity contribution in [2.24, 2.45) is 0 Å². The molecule has 0 aliphatic heterocycles. The van der Waals surface area contributed by atoms with Gasteiger partial charge < -0.3 is 15.7 Å². The van der Waals surface area contributed by atoms with Crippen LogP contribution in [-0.2, 0) is 17.6 Å². The Bertz CT molecular complexity index is 662. The second kappa shape index (κ2) is 9.20. The Morgan fingerprint density at radius 2 is 2.08 bits per heavy atom. The van der Waals surface area contributed by atoms with Crippen LogP contribution in [0.5, 0.6) is 5.88 Å². The highest BCUT2D eigenvalue weighted by Gasteiger charge is 2.16. The molecule has 1 aliphatic carbocycles. The fourth-order valence-electron chi connectivity index (χ4n) is 3.12. The summed E-state index contributed by atoms with van der Waals surface area (Å²) in [4.78, 5) is 18.0.